The Hall–Kier alpha value is -1.02. The van der Waals surface area contributed by atoms with Crippen molar-refractivity contribution in [3.05, 3.63) is 29.3 Å². The summed E-state index contributed by atoms with van der Waals surface area (Å²) in [6.45, 7) is 5.60. The van der Waals surface area contributed by atoms with E-state index in [1.807, 2.05) is 6.07 Å². The van der Waals surface area contributed by atoms with Gasteiger partial charge in [-0.2, -0.15) is 0 Å². The van der Waals surface area contributed by atoms with E-state index in [0.717, 1.165) is 12.2 Å². The van der Waals surface area contributed by atoms with Gasteiger partial charge in [-0.1, -0.05) is 6.07 Å². The third kappa shape index (κ3) is 2.15. The molecular formula is C13H20N2. The predicted molar refractivity (Wildman–Crippen MR) is 65.0 cm³/mol. The van der Waals surface area contributed by atoms with E-state index >= 15 is 0 Å². The Morgan fingerprint density at radius 2 is 2.20 bits per heavy atom. The monoisotopic (exact) mass is 204 g/mol. The number of hydrogen-bond acceptors (Lipinski definition) is 2. The van der Waals surface area contributed by atoms with E-state index in [-0.39, 0.29) is 0 Å². The summed E-state index contributed by atoms with van der Waals surface area (Å²) < 4.78 is 0. The summed E-state index contributed by atoms with van der Waals surface area (Å²) in [4.78, 5) is 0. The van der Waals surface area contributed by atoms with Crippen LogP contribution >= 0.6 is 0 Å². The van der Waals surface area contributed by atoms with E-state index in [9.17, 15) is 0 Å². The number of hydrogen-bond donors (Lipinski definition) is 2. The number of aryl methyl sites for hydroxylation is 1. The zero-order valence-corrected chi connectivity index (χ0v) is 9.59. The normalized spacial score (nSPS) is 26.5. The fourth-order valence-electron chi connectivity index (χ4n) is 2.53. The highest BCUT2D eigenvalue weighted by Crippen LogP contribution is 2.31. The fraction of sp³-hybridized carbons (Fsp3) is 0.538. The van der Waals surface area contributed by atoms with Gasteiger partial charge in [-0.15, -0.1) is 0 Å². The number of rotatable bonds is 1. The molecule has 2 nitrogen and oxygen atoms in total. The minimum atomic E-state index is 0.569. The first-order chi connectivity index (χ1) is 7.18. The second-order valence-corrected chi connectivity index (χ2v) is 4.61. The van der Waals surface area contributed by atoms with Crippen LogP contribution in [0.25, 0.3) is 0 Å². The van der Waals surface area contributed by atoms with Crippen molar-refractivity contribution in [3.63, 3.8) is 0 Å². The summed E-state index contributed by atoms with van der Waals surface area (Å²) in [6.07, 6.45) is 2.54. The quantitative estimate of drug-likeness (QED) is 0.689. The topological polar surface area (TPSA) is 38.0 Å². The average molecular weight is 204 g/mol. The minimum Gasteiger partial charge on any atom is -0.399 e. The highest BCUT2D eigenvalue weighted by Gasteiger charge is 2.23. The number of benzene rings is 1. The van der Waals surface area contributed by atoms with Crippen molar-refractivity contribution < 1.29 is 0 Å². The van der Waals surface area contributed by atoms with Crippen LogP contribution in [0, 0.1) is 6.92 Å². The zero-order chi connectivity index (χ0) is 10.8. The van der Waals surface area contributed by atoms with Gasteiger partial charge in [0.1, 0.15) is 0 Å². The Bertz CT molecular complexity index is 346. The lowest BCUT2D eigenvalue weighted by Gasteiger charge is -2.31. The summed E-state index contributed by atoms with van der Waals surface area (Å²) in [5.74, 6) is 0.627. The van der Waals surface area contributed by atoms with E-state index in [1.165, 1.54) is 24.0 Å². The average Bonchev–Trinajstić information content (AvgIpc) is 2.23. The molecule has 1 aromatic carbocycles. The highest BCUT2D eigenvalue weighted by molar-refractivity contribution is 5.46. The Morgan fingerprint density at radius 1 is 1.40 bits per heavy atom. The van der Waals surface area contributed by atoms with E-state index in [0.29, 0.717) is 12.0 Å². The number of nitrogens with two attached hydrogens (primary N) is 1. The molecule has 1 aromatic rings. The molecular weight excluding hydrogens is 184 g/mol. The van der Waals surface area contributed by atoms with Crippen LogP contribution in [0.1, 0.15) is 36.8 Å². The van der Waals surface area contributed by atoms with Crippen molar-refractivity contribution in [1.29, 1.82) is 0 Å². The molecule has 2 unspecified atom stereocenters. The largest absolute Gasteiger partial charge is 0.399 e. The van der Waals surface area contributed by atoms with Crippen LogP contribution in [0.2, 0.25) is 0 Å². The molecule has 15 heavy (non-hydrogen) atoms. The van der Waals surface area contributed by atoms with Crippen LogP contribution in [-0.4, -0.2) is 12.6 Å². The Morgan fingerprint density at radius 3 is 2.93 bits per heavy atom. The van der Waals surface area contributed by atoms with Crippen LogP contribution in [0.5, 0.6) is 0 Å². The molecule has 0 saturated carbocycles. The van der Waals surface area contributed by atoms with Gasteiger partial charge in [-0.3, -0.25) is 0 Å². The van der Waals surface area contributed by atoms with Gasteiger partial charge in [-0.05, 0) is 62.4 Å². The van der Waals surface area contributed by atoms with Crippen molar-refractivity contribution in [2.24, 2.45) is 0 Å². The second kappa shape index (κ2) is 4.23. The van der Waals surface area contributed by atoms with Crippen LogP contribution in [-0.2, 0) is 0 Å². The first-order valence-electron chi connectivity index (χ1n) is 5.78. The summed E-state index contributed by atoms with van der Waals surface area (Å²) >= 11 is 0. The smallest absolute Gasteiger partial charge is 0.0317 e. The molecule has 2 heteroatoms. The summed E-state index contributed by atoms with van der Waals surface area (Å²) in [7, 11) is 0. The predicted octanol–water partition coefficient (Wildman–Crippen LogP) is 2.43. The van der Waals surface area contributed by atoms with Crippen molar-refractivity contribution in [2.45, 2.75) is 38.6 Å². The van der Waals surface area contributed by atoms with E-state index in [4.69, 9.17) is 5.73 Å². The molecule has 1 saturated heterocycles. The van der Waals surface area contributed by atoms with Crippen molar-refractivity contribution in [3.8, 4) is 0 Å². The molecule has 1 aliphatic heterocycles. The van der Waals surface area contributed by atoms with Crippen molar-refractivity contribution in [2.75, 3.05) is 12.3 Å². The molecule has 3 N–H and O–H groups in total. The molecule has 1 heterocycles. The first kappa shape index (κ1) is 10.5. The van der Waals surface area contributed by atoms with Gasteiger partial charge in [0.2, 0.25) is 0 Å². The van der Waals surface area contributed by atoms with Gasteiger partial charge in [0.25, 0.3) is 0 Å². The summed E-state index contributed by atoms with van der Waals surface area (Å²) in [5, 5.41) is 3.54. The lowest BCUT2D eigenvalue weighted by Crippen LogP contribution is -2.37. The van der Waals surface area contributed by atoms with Gasteiger partial charge >= 0.3 is 0 Å². The number of anilines is 1. The molecule has 0 aliphatic carbocycles. The molecule has 1 aliphatic rings. The van der Waals surface area contributed by atoms with Gasteiger partial charge in [0.15, 0.2) is 0 Å². The Labute approximate surface area is 91.9 Å². The molecule has 0 amide bonds. The maximum absolute atomic E-state index is 5.86. The van der Waals surface area contributed by atoms with Crippen LogP contribution in [0.4, 0.5) is 5.69 Å². The molecule has 0 aromatic heterocycles. The van der Waals surface area contributed by atoms with Crippen molar-refractivity contribution >= 4 is 5.69 Å². The molecule has 0 bridgehead atoms. The molecule has 0 radical (unpaired) electrons. The first-order valence-corrected chi connectivity index (χ1v) is 5.78. The van der Waals surface area contributed by atoms with Crippen LogP contribution in [0.15, 0.2) is 18.2 Å². The van der Waals surface area contributed by atoms with Gasteiger partial charge < -0.3 is 11.1 Å². The summed E-state index contributed by atoms with van der Waals surface area (Å²) in [6, 6.07) is 6.83. The van der Waals surface area contributed by atoms with Crippen molar-refractivity contribution in [1.82, 2.24) is 5.32 Å². The van der Waals surface area contributed by atoms with E-state index in [1.54, 1.807) is 0 Å². The SMILES string of the molecule is Cc1ccc(N)cc1C1CCCNC1C. The zero-order valence-electron chi connectivity index (χ0n) is 9.59. The van der Waals surface area contributed by atoms with Gasteiger partial charge in [0, 0.05) is 11.7 Å². The van der Waals surface area contributed by atoms with Gasteiger partial charge in [-0.25, -0.2) is 0 Å². The molecule has 1 fully saturated rings. The third-order valence-electron chi connectivity index (χ3n) is 3.46. The fourth-order valence-corrected chi connectivity index (χ4v) is 2.53. The minimum absolute atomic E-state index is 0.569. The molecule has 2 rings (SSSR count). The maximum Gasteiger partial charge on any atom is 0.0317 e. The molecule has 2 atom stereocenters. The number of nitrogens with one attached hydrogen (secondary N) is 1. The van der Waals surface area contributed by atoms with Crippen LogP contribution < -0.4 is 11.1 Å². The molecule has 82 valence electrons. The van der Waals surface area contributed by atoms with E-state index in [2.05, 4.69) is 31.3 Å². The highest BCUT2D eigenvalue weighted by atomic mass is 14.9. The third-order valence-corrected chi connectivity index (χ3v) is 3.46. The lowest BCUT2D eigenvalue weighted by molar-refractivity contribution is 0.370. The number of nitrogen functional groups attached to an aromatic ring is 1. The summed E-state index contributed by atoms with van der Waals surface area (Å²) in [5.41, 5.74) is 9.53. The standard InChI is InChI=1S/C13H20N2/c1-9-5-6-11(14)8-13(9)12-4-3-7-15-10(12)2/h5-6,8,10,12,15H,3-4,7,14H2,1-2H3. The van der Waals surface area contributed by atoms with Crippen LogP contribution in [0.3, 0.4) is 0 Å². The number of piperidine rings is 1. The van der Waals surface area contributed by atoms with E-state index < -0.39 is 0 Å². The van der Waals surface area contributed by atoms with Gasteiger partial charge in [0.05, 0.1) is 0 Å². The Kier molecular flexibility index (Phi) is 2.96. The second-order valence-electron chi connectivity index (χ2n) is 4.61. The maximum atomic E-state index is 5.86. The lowest BCUT2D eigenvalue weighted by atomic mass is 9.83. The Balaban J connectivity index is 2.30. The molecule has 0 spiro atoms.